The number of nitrogen functional groups attached to an aromatic ring is 1. The monoisotopic (exact) mass is 400 g/mol. The van der Waals surface area contributed by atoms with E-state index in [9.17, 15) is 0 Å². The Bertz CT molecular complexity index is 1230. The van der Waals surface area contributed by atoms with Crippen molar-refractivity contribution in [2.24, 2.45) is 0 Å². The molecule has 1 aromatic carbocycles. The summed E-state index contributed by atoms with van der Waals surface area (Å²) in [4.78, 5) is 18.8. The van der Waals surface area contributed by atoms with Gasteiger partial charge in [0, 0.05) is 42.0 Å². The maximum Gasteiger partial charge on any atom is 0.258 e. The zero-order chi connectivity index (χ0) is 20.7. The molecule has 3 N–H and O–H groups in total. The van der Waals surface area contributed by atoms with Crippen molar-refractivity contribution in [3.8, 4) is 17.1 Å². The molecule has 1 aliphatic heterocycles. The molecule has 0 aliphatic carbocycles. The summed E-state index contributed by atoms with van der Waals surface area (Å²) in [5.74, 6) is 0.637. The molecule has 3 aromatic heterocycles. The molecule has 7 nitrogen and oxygen atoms in total. The lowest BCUT2D eigenvalue weighted by atomic mass is 9.92. The van der Waals surface area contributed by atoms with Crippen LogP contribution < -0.4 is 10.5 Å². The van der Waals surface area contributed by atoms with Crippen molar-refractivity contribution in [1.29, 1.82) is 0 Å². The minimum atomic E-state index is 0.287. The summed E-state index contributed by atoms with van der Waals surface area (Å²) in [6, 6.07) is 8.33. The van der Waals surface area contributed by atoms with E-state index in [0.29, 0.717) is 12.5 Å². The number of hydrogen-bond donors (Lipinski definition) is 2. The van der Waals surface area contributed by atoms with Crippen molar-refractivity contribution < 1.29 is 4.74 Å². The number of pyridine rings is 1. The first-order chi connectivity index (χ1) is 14.6. The Morgan fingerprint density at radius 1 is 1.23 bits per heavy atom. The van der Waals surface area contributed by atoms with Crippen LogP contribution in [0.3, 0.4) is 0 Å². The number of nitrogens with one attached hydrogen (secondary N) is 1. The predicted octanol–water partition coefficient (Wildman–Crippen LogP) is 3.48. The Hall–Kier alpha value is -3.45. The van der Waals surface area contributed by atoms with Crippen LogP contribution in [-0.4, -0.2) is 38.4 Å². The smallest absolute Gasteiger partial charge is 0.258 e. The molecule has 7 heteroatoms. The van der Waals surface area contributed by atoms with Gasteiger partial charge in [0.15, 0.2) is 5.82 Å². The number of aromatic nitrogens is 4. The van der Waals surface area contributed by atoms with E-state index in [1.165, 1.54) is 16.7 Å². The molecule has 0 bridgehead atoms. The van der Waals surface area contributed by atoms with E-state index in [1.54, 1.807) is 12.4 Å². The van der Waals surface area contributed by atoms with E-state index in [1.807, 2.05) is 18.3 Å². The zero-order valence-electron chi connectivity index (χ0n) is 17.1. The van der Waals surface area contributed by atoms with Crippen LogP contribution in [0.15, 0.2) is 42.9 Å². The Morgan fingerprint density at radius 3 is 3.03 bits per heavy atom. The third-order valence-electron chi connectivity index (χ3n) is 5.73. The number of benzene rings is 1. The van der Waals surface area contributed by atoms with E-state index >= 15 is 0 Å². The van der Waals surface area contributed by atoms with E-state index in [-0.39, 0.29) is 5.82 Å². The van der Waals surface area contributed by atoms with Crippen molar-refractivity contribution in [2.45, 2.75) is 26.5 Å². The molecule has 0 atom stereocenters. The molecule has 0 saturated heterocycles. The predicted molar refractivity (Wildman–Crippen MR) is 117 cm³/mol. The van der Waals surface area contributed by atoms with Crippen LogP contribution in [0.1, 0.15) is 22.3 Å². The zero-order valence-corrected chi connectivity index (χ0v) is 17.1. The fourth-order valence-electron chi connectivity index (χ4n) is 4.06. The molecule has 30 heavy (non-hydrogen) atoms. The summed E-state index contributed by atoms with van der Waals surface area (Å²) in [5, 5.41) is 1.02. The molecular formula is C23H24N6O. The summed E-state index contributed by atoms with van der Waals surface area (Å²) < 4.78 is 5.97. The van der Waals surface area contributed by atoms with E-state index in [2.05, 4.69) is 50.9 Å². The van der Waals surface area contributed by atoms with E-state index in [4.69, 9.17) is 10.5 Å². The summed E-state index contributed by atoms with van der Waals surface area (Å²) in [7, 11) is 2.16. The first-order valence-electron chi connectivity index (χ1n) is 10.1. The highest BCUT2D eigenvalue weighted by atomic mass is 16.5. The normalized spacial score (nSPS) is 14.1. The lowest BCUT2D eigenvalue weighted by Crippen LogP contribution is -2.27. The van der Waals surface area contributed by atoms with Gasteiger partial charge in [0.05, 0.1) is 11.9 Å². The van der Waals surface area contributed by atoms with Gasteiger partial charge >= 0.3 is 0 Å². The molecule has 0 radical (unpaired) electrons. The summed E-state index contributed by atoms with van der Waals surface area (Å²) >= 11 is 0. The molecule has 5 rings (SSSR count). The number of anilines is 1. The quantitative estimate of drug-likeness (QED) is 0.545. The van der Waals surface area contributed by atoms with Gasteiger partial charge in [-0.3, -0.25) is 0 Å². The molecule has 4 heterocycles. The maximum atomic E-state index is 6.06. The second-order valence-electron chi connectivity index (χ2n) is 7.86. The Kier molecular flexibility index (Phi) is 4.59. The average Bonchev–Trinajstić information content (AvgIpc) is 3.23. The van der Waals surface area contributed by atoms with E-state index < -0.39 is 0 Å². The van der Waals surface area contributed by atoms with Gasteiger partial charge in [-0.15, -0.1) is 0 Å². The van der Waals surface area contributed by atoms with Crippen LogP contribution in [0.25, 0.3) is 22.3 Å². The Labute approximate surface area is 174 Å². The van der Waals surface area contributed by atoms with Crippen molar-refractivity contribution in [3.63, 3.8) is 0 Å². The third-order valence-corrected chi connectivity index (χ3v) is 5.73. The molecule has 0 spiro atoms. The Morgan fingerprint density at radius 2 is 2.13 bits per heavy atom. The number of likely N-dealkylation sites (N-methyl/N-ethyl adjacent to an activating group) is 1. The van der Waals surface area contributed by atoms with Gasteiger partial charge < -0.3 is 20.4 Å². The standard InChI is InChI=1S/C23H24N6O/c1-14-9-17(10-15-5-8-29(2)12-19(14)15)20-11-27-21(24)23(28-20)30-13-16-3-6-25-22-18(16)4-7-26-22/h3-4,6-7,9-11H,5,8,12-13H2,1-2H3,(H2,24,27)(H,25,26). The summed E-state index contributed by atoms with van der Waals surface area (Å²) in [5.41, 5.74) is 13.8. The first-order valence-corrected chi connectivity index (χ1v) is 10.1. The van der Waals surface area contributed by atoms with Gasteiger partial charge in [-0.25, -0.2) is 15.0 Å². The molecule has 4 aromatic rings. The van der Waals surface area contributed by atoms with Crippen LogP contribution in [0.2, 0.25) is 0 Å². The number of nitrogens with zero attached hydrogens (tertiary/aromatic N) is 4. The number of rotatable bonds is 4. The van der Waals surface area contributed by atoms with Crippen molar-refractivity contribution in [1.82, 2.24) is 24.8 Å². The summed E-state index contributed by atoms with van der Waals surface area (Å²) in [6.07, 6.45) is 6.39. The molecule has 0 fully saturated rings. The number of aromatic amines is 1. The second kappa shape index (κ2) is 7.42. The number of nitrogens with two attached hydrogens (primary N) is 1. The van der Waals surface area contributed by atoms with Gasteiger partial charge in [0.25, 0.3) is 5.88 Å². The highest BCUT2D eigenvalue weighted by molar-refractivity contribution is 5.79. The minimum Gasteiger partial charge on any atom is -0.470 e. The number of fused-ring (bicyclic) bond motifs is 2. The topological polar surface area (TPSA) is 92.9 Å². The molecular weight excluding hydrogens is 376 g/mol. The number of aryl methyl sites for hydroxylation is 1. The van der Waals surface area contributed by atoms with Crippen LogP contribution in [0, 0.1) is 6.92 Å². The van der Waals surface area contributed by atoms with Crippen molar-refractivity contribution >= 4 is 16.9 Å². The van der Waals surface area contributed by atoms with Gasteiger partial charge in [-0.05, 0) is 61.3 Å². The van der Waals surface area contributed by atoms with Crippen molar-refractivity contribution in [2.75, 3.05) is 19.3 Å². The largest absolute Gasteiger partial charge is 0.470 e. The van der Waals surface area contributed by atoms with Gasteiger partial charge in [0.2, 0.25) is 0 Å². The number of H-pyrrole nitrogens is 1. The first kappa shape index (κ1) is 18.6. The fourth-order valence-corrected chi connectivity index (χ4v) is 4.06. The average molecular weight is 400 g/mol. The minimum absolute atomic E-state index is 0.287. The molecule has 0 amide bonds. The lowest BCUT2D eigenvalue weighted by molar-refractivity contribution is 0.296. The third kappa shape index (κ3) is 3.37. The van der Waals surface area contributed by atoms with Crippen molar-refractivity contribution in [3.05, 3.63) is 65.1 Å². The lowest BCUT2D eigenvalue weighted by Gasteiger charge is -2.27. The maximum absolute atomic E-state index is 6.06. The van der Waals surface area contributed by atoms with Crippen LogP contribution in [-0.2, 0) is 19.6 Å². The molecule has 0 unspecified atom stereocenters. The highest BCUT2D eigenvalue weighted by Gasteiger charge is 2.18. The number of hydrogen-bond acceptors (Lipinski definition) is 6. The number of ether oxygens (including phenoxy) is 1. The summed E-state index contributed by atoms with van der Waals surface area (Å²) in [6.45, 7) is 4.56. The molecule has 152 valence electrons. The van der Waals surface area contributed by atoms with Gasteiger partial charge in [0.1, 0.15) is 12.3 Å². The van der Waals surface area contributed by atoms with Gasteiger partial charge in [-0.1, -0.05) is 0 Å². The molecule has 1 aliphatic rings. The SMILES string of the molecule is Cc1cc(-c2cnc(N)c(OCc3ccnc4[nH]ccc34)n2)cc2c1CN(C)CC2. The van der Waals surface area contributed by atoms with Gasteiger partial charge in [-0.2, -0.15) is 0 Å². The highest BCUT2D eigenvalue weighted by Crippen LogP contribution is 2.30. The van der Waals surface area contributed by atoms with Crippen LogP contribution in [0.4, 0.5) is 5.82 Å². The van der Waals surface area contributed by atoms with Crippen LogP contribution in [0.5, 0.6) is 5.88 Å². The molecule has 0 saturated carbocycles. The second-order valence-corrected chi connectivity index (χ2v) is 7.86. The van der Waals surface area contributed by atoms with Crippen LogP contribution >= 0.6 is 0 Å². The fraction of sp³-hybridized carbons (Fsp3) is 0.261. The Balaban J connectivity index is 1.44. The van der Waals surface area contributed by atoms with E-state index in [0.717, 1.165) is 47.4 Å².